The molecule has 0 amide bonds. The lowest BCUT2D eigenvalue weighted by atomic mass is 10.0. The van der Waals surface area contributed by atoms with Crippen molar-refractivity contribution in [1.82, 2.24) is 9.55 Å². The van der Waals surface area contributed by atoms with Crippen LogP contribution < -0.4 is 0 Å². The molecule has 3 heterocycles. The molecule has 0 bridgehead atoms. The molecule has 3 rings (SSSR count). The van der Waals surface area contributed by atoms with E-state index < -0.39 is 17.9 Å². The molecular formula is C16H15FN2O4. The average Bonchev–Trinajstić information content (AvgIpc) is 3.14. The second-order valence-electron chi connectivity index (χ2n) is 5.15. The third-order valence-electron chi connectivity index (χ3n) is 3.95. The summed E-state index contributed by atoms with van der Waals surface area (Å²) in [6.07, 6.45) is 2.84. The molecule has 0 radical (unpaired) electrons. The van der Waals surface area contributed by atoms with Gasteiger partial charge in [0.15, 0.2) is 0 Å². The minimum Gasteiger partial charge on any atom is -0.465 e. The highest BCUT2D eigenvalue weighted by atomic mass is 19.1. The van der Waals surface area contributed by atoms with Gasteiger partial charge in [-0.25, -0.2) is 14.6 Å². The Morgan fingerprint density at radius 1 is 1.17 bits per heavy atom. The SMILES string of the molecule is COC(=O)c1c(C(=O)OC)c(-c2ccc(F)nc2)n2c1CCC2. The second kappa shape index (κ2) is 5.83. The highest BCUT2D eigenvalue weighted by Gasteiger charge is 2.34. The maximum absolute atomic E-state index is 13.1. The number of ether oxygens (including phenoxy) is 2. The number of halogens is 1. The van der Waals surface area contributed by atoms with E-state index in [1.54, 1.807) is 0 Å². The molecule has 2 aromatic rings. The molecule has 23 heavy (non-hydrogen) atoms. The van der Waals surface area contributed by atoms with Crippen LogP contribution in [0.5, 0.6) is 0 Å². The van der Waals surface area contributed by atoms with Gasteiger partial charge >= 0.3 is 11.9 Å². The van der Waals surface area contributed by atoms with Crippen molar-refractivity contribution in [3.05, 3.63) is 41.1 Å². The van der Waals surface area contributed by atoms with Gasteiger partial charge in [-0.3, -0.25) is 0 Å². The lowest BCUT2D eigenvalue weighted by molar-refractivity contribution is 0.0556. The number of fused-ring (bicyclic) bond motifs is 1. The van der Waals surface area contributed by atoms with Crippen LogP contribution in [0.3, 0.4) is 0 Å². The molecule has 0 fully saturated rings. The summed E-state index contributed by atoms with van der Waals surface area (Å²) >= 11 is 0. The van der Waals surface area contributed by atoms with Crippen molar-refractivity contribution in [3.8, 4) is 11.3 Å². The van der Waals surface area contributed by atoms with Crippen molar-refractivity contribution in [3.63, 3.8) is 0 Å². The van der Waals surface area contributed by atoms with Crippen LogP contribution in [0.25, 0.3) is 11.3 Å². The van der Waals surface area contributed by atoms with Crippen LogP contribution in [0.15, 0.2) is 18.3 Å². The van der Waals surface area contributed by atoms with Crippen molar-refractivity contribution in [2.45, 2.75) is 19.4 Å². The summed E-state index contributed by atoms with van der Waals surface area (Å²) in [7, 11) is 2.51. The fourth-order valence-corrected chi connectivity index (χ4v) is 3.02. The van der Waals surface area contributed by atoms with Crippen molar-refractivity contribution in [2.75, 3.05) is 14.2 Å². The fraction of sp³-hybridized carbons (Fsp3) is 0.312. The lowest BCUT2D eigenvalue weighted by Crippen LogP contribution is -2.12. The van der Waals surface area contributed by atoms with Gasteiger partial charge in [-0.1, -0.05) is 0 Å². The first-order valence-electron chi connectivity index (χ1n) is 7.12. The largest absolute Gasteiger partial charge is 0.465 e. The van der Waals surface area contributed by atoms with Gasteiger partial charge in [0.2, 0.25) is 5.95 Å². The number of aromatic nitrogens is 2. The Balaban J connectivity index is 2.31. The molecule has 7 heteroatoms. The molecule has 0 spiro atoms. The van der Waals surface area contributed by atoms with E-state index in [1.165, 1.54) is 32.5 Å². The first-order valence-corrected chi connectivity index (χ1v) is 7.12. The van der Waals surface area contributed by atoms with E-state index in [1.807, 2.05) is 4.57 Å². The Hall–Kier alpha value is -2.70. The van der Waals surface area contributed by atoms with E-state index in [0.29, 0.717) is 24.2 Å². The molecule has 0 aliphatic carbocycles. The van der Waals surface area contributed by atoms with E-state index >= 15 is 0 Å². The molecule has 0 unspecified atom stereocenters. The molecular weight excluding hydrogens is 303 g/mol. The summed E-state index contributed by atoms with van der Waals surface area (Å²) in [5.74, 6) is -1.83. The van der Waals surface area contributed by atoms with Gasteiger partial charge in [0, 0.05) is 24.0 Å². The van der Waals surface area contributed by atoms with Gasteiger partial charge < -0.3 is 14.0 Å². The van der Waals surface area contributed by atoms with Crippen molar-refractivity contribution < 1.29 is 23.5 Å². The zero-order valence-corrected chi connectivity index (χ0v) is 12.8. The molecule has 6 nitrogen and oxygen atoms in total. The molecule has 0 atom stereocenters. The predicted molar refractivity (Wildman–Crippen MR) is 78.6 cm³/mol. The smallest absolute Gasteiger partial charge is 0.340 e. The van der Waals surface area contributed by atoms with Gasteiger partial charge in [0.25, 0.3) is 0 Å². The first-order chi connectivity index (χ1) is 11.1. The lowest BCUT2D eigenvalue weighted by Gasteiger charge is -2.09. The summed E-state index contributed by atoms with van der Waals surface area (Å²) in [4.78, 5) is 28.1. The maximum atomic E-state index is 13.1. The number of rotatable bonds is 3. The Labute approximate surface area is 131 Å². The number of pyridine rings is 1. The van der Waals surface area contributed by atoms with Crippen molar-refractivity contribution in [1.29, 1.82) is 0 Å². The van der Waals surface area contributed by atoms with Gasteiger partial charge in [-0.05, 0) is 25.0 Å². The van der Waals surface area contributed by atoms with Crippen LogP contribution >= 0.6 is 0 Å². The molecule has 0 saturated heterocycles. The first kappa shape index (κ1) is 15.2. The van der Waals surface area contributed by atoms with Crippen LogP contribution in [-0.4, -0.2) is 35.7 Å². The standard InChI is InChI=1S/C16H15FN2O4/c1-22-15(20)12-10-4-3-7-19(10)14(13(12)16(21)23-2)9-5-6-11(17)18-8-9/h5-6,8H,3-4,7H2,1-2H3. The van der Waals surface area contributed by atoms with E-state index in [0.717, 1.165) is 12.1 Å². The van der Waals surface area contributed by atoms with Crippen LogP contribution in [0.4, 0.5) is 4.39 Å². The minimum atomic E-state index is -0.633. The fourth-order valence-electron chi connectivity index (χ4n) is 3.02. The number of methoxy groups -OCH3 is 2. The number of carbonyl (C=O) groups is 2. The average molecular weight is 318 g/mol. The summed E-state index contributed by atoms with van der Waals surface area (Å²) in [5.41, 5.74) is 2.15. The highest BCUT2D eigenvalue weighted by Crippen LogP contribution is 2.36. The minimum absolute atomic E-state index is 0.141. The Morgan fingerprint density at radius 3 is 2.48 bits per heavy atom. The Bertz CT molecular complexity index is 780. The molecule has 0 saturated carbocycles. The zero-order valence-electron chi connectivity index (χ0n) is 12.8. The van der Waals surface area contributed by atoms with E-state index in [-0.39, 0.29) is 11.1 Å². The molecule has 1 aliphatic heterocycles. The zero-order chi connectivity index (χ0) is 16.6. The van der Waals surface area contributed by atoms with Gasteiger partial charge in [0.1, 0.15) is 5.56 Å². The topological polar surface area (TPSA) is 70.4 Å². The van der Waals surface area contributed by atoms with Crippen molar-refractivity contribution >= 4 is 11.9 Å². The van der Waals surface area contributed by atoms with Gasteiger partial charge in [-0.15, -0.1) is 0 Å². The summed E-state index contributed by atoms with van der Waals surface area (Å²) in [6.45, 7) is 0.656. The van der Waals surface area contributed by atoms with E-state index in [4.69, 9.17) is 9.47 Å². The summed E-state index contributed by atoms with van der Waals surface area (Å²) < 4.78 is 24.7. The number of hydrogen-bond acceptors (Lipinski definition) is 5. The summed E-state index contributed by atoms with van der Waals surface area (Å²) in [5, 5.41) is 0. The number of esters is 2. The van der Waals surface area contributed by atoms with Crippen LogP contribution in [0.2, 0.25) is 0 Å². The van der Waals surface area contributed by atoms with Crippen LogP contribution in [0.1, 0.15) is 32.8 Å². The molecule has 120 valence electrons. The molecule has 1 aliphatic rings. The third kappa shape index (κ3) is 2.38. The number of carbonyl (C=O) groups excluding carboxylic acids is 2. The molecule has 2 aromatic heterocycles. The highest BCUT2D eigenvalue weighted by molar-refractivity contribution is 6.09. The monoisotopic (exact) mass is 318 g/mol. The Kier molecular flexibility index (Phi) is 3.85. The third-order valence-corrected chi connectivity index (χ3v) is 3.95. The Morgan fingerprint density at radius 2 is 1.87 bits per heavy atom. The summed E-state index contributed by atoms with van der Waals surface area (Å²) in [6, 6.07) is 2.74. The predicted octanol–water partition coefficient (Wildman–Crippen LogP) is 2.21. The molecule has 0 aromatic carbocycles. The second-order valence-corrected chi connectivity index (χ2v) is 5.15. The van der Waals surface area contributed by atoms with Crippen molar-refractivity contribution in [2.24, 2.45) is 0 Å². The van der Waals surface area contributed by atoms with E-state index in [9.17, 15) is 14.0 Å². The maximum Gasteiger partial charge on any atom is 0.340 e. The van der Waals surface area contributed by atoms with Crippen LogP contribution in [0, 0.1) is 5.95 Å². The van der Waals surface area contributed by atoms with Crippen LogP contribution in [-0.2, 0) is 22.4 Å². The van der Waals surface area contributed by atoms with E-state index in [2.05, 4.69) is 4.98 Å². The quantitative estimate of drug-likeness (QED) is 0.641. The number of nitrogens with zero attached hydrogens (tertiary/aromatic N) is 2. The number of hydrogen-bond donors (Lipinski definition) is 0. The molecule has 0 N–H and O–H groups in total. The van der Waals surface area contributed by atoms with Gasteiger partial charge in [-0.2, -0.15) is 4.39 Å². The van der Waals surface area contributed by atoms with Gasteiger partial charge in [0.05, 0.1) is 25.5 Å². The normalized spacial score (nSPS) is 12.8.